The summed E-state index contributed by atoms with van der Waals surface area (Å²) in [7, 11) is -2.92. The van der Waals surface area contributed by atoms with Crippen molar-refractivity contribution in [1.82, 2.24) is 9.97 Å². The van der Waals surface area contributed by atoms with E-state index in [4.69, 9.17) is 11.6 Å². The highest BCUT2D eigenvalue weighted by molar-refractivity contribution is 7.91. The first-order valence-corrected chi connectivity index (χ1v) is 8.56. The molecule has 2 rings (SSSR count). The van der Waals surface area contributed by atoms with Gasteiger partial charge in [-0.15, -0.1) is 0 Å². The molecule has 1 aliphatic rings. The minimum atomic E-state index is -2.92. The summed E-state index contributed by atoms with van der Waals surface area (Å²) in [6.45, 7) is 5.22. The lowest BCUT2D eigenvalue weighted by Gasteiger charge is -2.25. The van der Waals surface area contributed by atoms with Gasteiger partial charge in [-0.2, -0.15) is 0 Å². The molecule has 0 aromatic carbocycles. The predicted octanol–water partition coefficient (Wildman–Crippen LogP) is 1.88. The maximum Gasteiger partial charge on any atom is 0.152 e. The summed E-state index contributed by atoms with van der Waals surface area (Å²) in [4.78, 5) is 10.3. The van der Waals surface area contributed by atoms with E-state index in [0.29, 0.717) is 24.7 Å². The largest absolute Gasteiger partial charge is 0.355 e. The molecule has 1 aliphatic heterocycles. The van der Waals surface area contributed by atoms with Crippen molar-refractivity contribution >= 4 is 27.3 Å². The van der Waals surface area contributed by atoms with Crippen molar-refractivity contribution < 1.29 is 8.42 Å². The zero-order valence-electron chi connectivity index (χ0n) is 11.1. The minimum Gasteiger partial charge on any atom is -0.355 e. The highest BCUT2D eigenvalue weighted by Crippen LogP contribution is 2.31. The summed E-state index contributed by atoms with van der Waals surface area (Å²) in [5, 5.41) is 0.451. The van der Waals surface area contributed by atoms with Crippen LogP contribution in [-0.2, 0) is 9.84 Å². The van der Waals surface area contributed by atoms with Gasteiger partial charge in [0.15, 0.2) is 9.84 Å². The van der Waals surface area contributed by atoms with E-state index in [0.717, 1.165) is 11.4 Å². The minimum absolute atomic E-state index is 0.173. The Kier molecular flexibility index (Phi) is 4.30. The fraction of sp³-hybridized carbons (Fsp3) is 0.667. The molecule has 106 valence electrons. The Hall–Kier alpha value is -0.880. The van der Waals surface area contributed by atoms with Gasteiger partial charge in [0.2, 0.25) is 0 Å². The van der Waals surface area contributed by atoms with Gasteiger partial charge in [-0.05, 0) is 12.3 Å². The third-order valence-corrected chi connectivity index (χ3v) is 5.26. The Morgan fingerprint density at radius 2 is 2.00 bits per heavy atom. The second kappa shape index (κ2) is 5.63. The number of sulfone groups is 1. The van der Waals surface area contributed by atoms with Crippen LogP contribution in [0.15, 0.2) is 6.33 Å². The van der Waals surface area contributed by atoms with Crippen molar-refractivity contribution in [3.63, 3.8) is 0 Å². The topological polar surface area (TPSA) is 63.2 Å². The summed E-state index contributed by atoms with van der Waals surface area (Å²) in [5.74, 6) is 1.39. The standard InChI is InChI=1S/C12H18ClN3O2S/c1-9(2)10-11(13)14-8-15-12(10)16-4-3-6-19(17,18)7-5-16/h8-9H,3-7H2,1-2H3. The van der Waals surface area contributed by atoms with Crippen LogP contribution >= 0.6 is 11.6 Å². The first-order valence-electron chi connectivity index (χ1n) is 6.36. The van der Waals surface area contributed by atoms with Crippen molar-refractivity contribution in [2.45, 2.75) is 26.2 Å². The van der Waals surface area contributed by atoms with E-state index in [1.165, 1.54) is 6.33 Å². The van der Waals surface area contributed by atoms with E-state index in [2.05, 4.69) is 9.97 Å². The van der Waals surface area contributed by atoms with Crippen molar-refractivity contribution in [1.29, 1.82) is 0 Å². The van der Waals surface area contributed by atoms with Crippen LogP contribution < -0.4 is 4.90 Å². The van der Waals surface area contributed by atoms with Crippen LogP contribution in [0.5, 0.6) is 0 Å². The van der Waals surface area contributed by atoms with Gasteiger partial charge in [0, 0.05) is 18.7 Å². The van der Waals surface area contributed by atoms with Gasteiger partial charge in [-0.3, -0.25) is 0 Å². The number of hydrogen-bond donors (Lipinski definition) is 0. The van der Waals surface area contributed by atoms with E-state index in [1.54, 1.807) is 0 Å². The third-order valence-electron chi connectivity index (χ3n) is 3.25. The van der Waals surface area contributed by atoms with Gasteiger partial charge in [0.25, 0.3) is 0 Å². The molecule has 1 aromatic rings. The molecular formula is C12H18ClN3O2S. The van der Waals surface area contributed by atoms with Crippen LogP contribution in [0.2, 0.25) is 5.15 Å². The number of rotatable bonds is 2. The molecule has 1 saturated heterocycles. The van der Waals surface area contributed by atoms with Crippen LogP contribution in [0.25, 0.3) is 0 Å². The van der Waals surface area contributed by atoms with Crippen molar-refractivity contribution in [2.75, 3.05) is 29.5 Å². The Balaban J connectivity index is 2.34. The molecule has 0 radical (unpaired) electrons. The van der Waals surface area contributed by atoms with E-state index in [1.807, 2.05) is 18.7 Å². The lowest BCUT2D eigenvalue weighted by atomic mass is 10.1. The van der Waals surface area contributed by atoms with E-state index >= 15 is 0 Å². The highest BCUT2D eigenvalue weighted by atomic mass is 35.5. The number of halogens is 1. The molecule has 0 saturated carbocycles. The van der Waals surface area contributed by atoms with Gasteiger partial charge >= 0.3 is 0 Å². The number of hydrogen-bond acceptors (Lipinski definition) is 5. The predicted molar refractivity (Wildman–Crippen MR) is 76.6 cm³/mol. The number of nitrogens with zero attached hydrogens (tertiary/aromatic N) is 3. The molecule has 0 unspecified atom stereocenters. The molecule has 0 bridgehead atoms. The fourth-order valence-corrected chi connectivity index (χ4v) is 3.88. The lowest BCUT2D eigenvalue weighted by molar-refractivity contribution is 0.597. The molecule has 1 aromatic heterocycles. The maximum absolute atomic E-state index is 11.6. The summed E-state index contributed by atoms with van der Waals surface area (Å²) >= 11 is 6.14. The van der Waals surface area contributed by atoms with Gasteiger partial charge < -0.3 is 4.90 Å². The average Bonchev–Trinajstić information content (AvgIpc) is 2.49. The number of anilines is 1. The lowest BCUT2D eigenvalue weighted by Crippen LogP contribution is -2.29. The zero-order valence-corrected chi connectivity index (χ0v) is 12.7. The molecule has 0 amide bonds. The summed E-state index contributed by atoms with van der Waals surface area (Å²) in [5.41, 5.74) is 0.892. The summed E-state index contributed by atoms with van der Waals surface area (Å²) < 4.78 is 23.3. The smallest absolute Gasteiger partial charge is 0.152 e. The molecule has 19 heavy (non-hydrogen) atoms. The van der Waals surface area contributed by atoms with Crippen LogP contribution in [-0.4, -0.2) is 43.0 Å². The molecule has 1 fully saturated rings. The van der Waals surface area contributed by atoms with Crippen LogP contribution in [0, 0.1) is 0 Å². The Morgan fingerprint density at radius 3 is 2.68 bits per heavy atom. The van der Waals surface area contributed by atoms with Crippen molar-refractivity contribution in [2.24, 2.45) is 0 Å². The second-order valence-electron chi connectivity index (χ2n) is 5.05. The number of aromatic nitrogens is 2. The van der Waals surface area contributed by atoms with E-state index in [-0.39, 0.29) is 17.4 Å². The molecule has 0 N–H and O–H groups in total. The van der Waals surface area contributed by atoms with Crippen LogP contribution in [0.1, 0.15) is 31.7 Å². The summed E-state index contributed by atoms with van der Waals surface area (Å²) in [6.07, 6.45) is 2.06. The van der Waals surface area contributed by atoms with Crippen molar-refractivity contribution in [3.8, 4) is 0 Å². The van der Waals surface area contributed by atoms with Gasteiger partial charge in [-0.1, -0.05) is 25.4 Å². The first-order chi connectivity index (χ1) is 8.91. The molecule has 7 heteroatoms. The third kappa shape index (κ3) is 3.36. The Labute approximate surface area is 118 Å². The fourth-order valence-electron chi connectivity index (χ4n) is 2.26. The monoisotopic (exact) mass is 303 g/mol. The van der Waals surface area contributed by atoms with E-state index in [9.17, 15) is 8.42 Å². The van der Waals surface area contributed by atoms with Crippen LogP contribution in [0.4, 0.5) is 5.82 Å². The van der Waals surface area contributed by atoms with Crippen molar-refractivity contribution in [3.05, 3.63) is 17.0 Å². The summed E-state index contributed by atoms with van der Waals surface area (Å²) in [6, 6.07) is 0. The zero-order chi connectivity index (χ0) is 14.0. The molecular weight excluding hydrogens is 286 g/mol. The first kappa shape index (κ1) is 14.5. The molecule has 0 spiro atoms. The molecule has 0 atom stereocenters. The SMILES string of the molecule is CC(C)c1c(Cl)ncnc1N1CCCS(=O)(=O)CC1. The Morgan fingerprint density at radius 1 is 1.26 bits per heavy atom. The Bertz CT molecular complexity index is 560. The van der Waals surface area contributed by atoms with Gasteiger partial charge in [-0.25, -0.2) is 18.4 Å². The molecule has 5 nitrogen and oxygen atoms in total. The van der Waals surface area contributed by atoms with E-state index < -0.39 is 9.84 Å². The maximum atomic E-state index is 11.6. The van der Waals surface area contributed by atoms with Crippen LogP contribution in [0.3, 0.4) is 0 Å². The highest BCUT2D eigenvalue weighted by Gasteiger charge is 2.23. The van der Waals surface area contributed by atoms with Gasteiger partial charge in [0.1, 0.15) is 17.3 Å². The quantitative estimate of drug-likeness (QED) is 0.781. The normalized spacial score (nSPS) is 19.5. The molecule has 2 heterocycles. The second-order valence-corrected chi connectivity index (χ2v) is 7.71. The average molecular weight is 304 g/mol. The van der Waals surface area contributed by atoms with Gasteiger partial charge in [0.05, 0.1) is 11.5 Å². The molecule has 0 aliphatic carbocycles.